The molecule has 12 heterocycles. The van der Waals surface area contributed by atoms with Gasteiger partial charge in [-0.25, -0.2) is 19.9 Å². The van der Waals surface area contributed by atoms with Crippen LogP contribution in [0.1, 0.15) is 12.7 Å². The number of fused-ring (bicyclic) bond motifs is 6. The highest BCUT2D eigenvalue weighted by molar-refractivity contribution is 7.18. The number of hydrogen-bond donors (Lipinski definition) is 9. The molecule has 494 valence electrons. The number of halogens is 1. The van der Waals surface area contributed by atoms with Gasteiger partial charge in [0.25, 0.3) is 0 Å². The Morgan fingerprint density at radius 1 is 0.480 bits per heavy atom. The number of aromatic nitrogens is 15. The Labute approximate surface area is 585 Å². The van der Waals surface area contributed by atoms with Crippen LogP contribution in [0.15, 0.2) is 197 Å². The second-order valence-corrected chi connectivity index (χ2v) is 25.8. The number of oxazole rings is 1. The van der Waals surface area contributed by atoms with E-state index in [0.717, 1.165) is 145 Å². The highest BCUT2D eigenvalue weighted by atomic mass is 35.5. The predicted molar refractivity (Wildman–Crippen MR) is 400 cm³/mol. The third-order valence-corrected chi connectivity index (χ3v) is 19.1. The molecule has 17 aromatic rings. The van der Waals surface area contributed by atoms with Crippen molar-refractivity contribution in [1.29, 1.82) is 0 Å². The minimum absolute atomic E-state index is 0.346. The fourth-order valence-electron chi connectivity index (χ4n) is 11.3. The molecular formula is C71H57ClN22O3S3. The van der Waals surface area contributed by atoms with E-state index in [-0.39, 0.29) is 0 Å². The molecule has 0 bridgehead atoms. The van der Waals surface area contributed by atoms with Crippen LogP contribution in [0.25, 0.3) is 85.9 Å². The summed E-state index contributed by atoms with van der Waals surface area (Å²) in [4.78, 5) is 44.2. The van der Waals surface area contributed by atoms with Gasteiger partial charge in [0.15, 0.2) is 17.5 Å². The number of benzene rings is 6. The van der Waals surface area contributed by atoms with Crippen LogP contribution in [-0.4, -0.2) is 109 Å². The monoisotopic (exact) mass is 1400 g/mol. The van der Waals surface area contributed by atoms with Crippen LogP contribution >= 0.6 is 45.6 Å². The molecule has 9 N–H and O–H groups in total. The van der Waals surface area contributed by atoms with E-state index in [2.05, 4.69) is 97.3 Å². The number of rotatable bonds is 17. The lowest BCUT2D eigenvalue weighted by Crippen LogP contribution is -2.36. The number of aromatic amines is 3. The number of nitrogens with one attached hydrogen (secondary N) is 9. The van der Waals surface area contributed by atoms with E-state index in [0.29, 0.717) is 65.6 Å². The predicted octanol–water partition coefficient (Wildman–Crippen LogP) is 17.3. The van der Waals surface area contributed by atoms with Crippen molar-refractivity contribution in [2.45, 2.75) is 13.3 Å². The third kappa shape index (κ3) is 13.8. The van der Waals surface area contributed by atoms with Crippen molar-refractivity contribution in [3.63, 3.8) is 0 Å². The molecule has 0 unspecified atom stereocenters. The molecule has 18 rings (SSSR count). The molecule has 1 aliphatic heterocycles. The SMILES string of the molecule is CCc1oc(Nc2nc(Nc3ccc4[nH]ncc4c3)c3sccc3n2)nc1-c1ccccc1.COc1cc(-c2ccccc2)nc(Nc2nc(Nc3ccc4[nH]ncc4c3)c3sccc3n2)n1.Clc1cc(Nc2nc(Nc3ccc4[nH]ncc4c3)c3sccc3n2)ccc1N1CCOCC1. The molecule has 25 nitrogen and oxygen atoms in total. The smallest absolute Gasteiger partial charge is 0.302 e. The summed E-state index contributed by atoms with van der Waals surface area (Å²) < 4.78 is 19.7. The van der Waals surface area contributed by atoms with Gasteiger partial charge in [-0.05, 0) is 107 Å². The first kappa shape index (κ1) is 62.6. The first-order chi connectivity index (χ1) is 49.2. The van der Waals surface area contributed by atoms with Crippen molar-refractivity contribution in [2.24, 2.45) is 0 Å². The van der Waals surface area contributed by atoms with E-state index in [1.807, 2.05) is 175 Å². The van der Waals surface area contributed by atoms with Gasteiger partial charge in [0, 0.05) is 75.6 Å². The zero-order chi connectivity index (χ0) is 67.3. The number of anilines is 13. The summed E-state index contributed by atoms with van der Waals surface area (Å²) >= 11 is 11.4. The minimum atomic E-state index is 0.346. The van der Waals surface area contributed by atoms with Gasteiger partial charge in [-0.15, -0.1) is 34.0 Å². The Balaban J connectivity index is 0.000000117. The largest absolute Gasteiger partial charge is 0.481 e. The lowest BCUT2D eigenvalue weighted by molar-refractivity contribution is 0.122. The van der Waals surface area contributed by atoms with Gasteiger partial charge < -0.3 is 40.1 Å². The Bertz CT molecular complexity index is 5730. The van der Waals surface area contributed by atoms with Crippen LogP contribution in [0.4, 0.5) is 75.7 Å². The number of morpholine rings is 1. The van der Waals surface area contributed by atoms with Crippen LogP contribution in [0.3, 0.4) is 0 Å². The van der Waals surface area contributed by atoms with Crippen molar-refractivity contribution in [2.75, 3.05) is 70.2 Å². The van der Waals surface area contributed by atoms with Crippen LogP contribution in [0.5, 0.6) is 5.88 Å². The molecule has 1 aliphatic rings. The summed E-state index contributed by atoms with van der Waals surface area (Å²) in [5.74, 6) is 5.05. The minimum Gasteiger partial charge on any atom is -0.481 e. The highest BCUT2D eigenvalue weighted by Gasteiger charge is 2.20. The summed E-state index contributed by atoms with van der Waals surface area (Å²) in [5, 5.41) is 50.8. The van der Waals surface area contributed by atoms with Crippen LogP contribution in [0, 0.1) is 0 Å². The van der Waals surface area contributed by atoms with Crippen LogP contribution < -0.4 is 41.5 Å². The van der Waals surface area contributed by atoms with Gasteiger partial charge in [-0.3, -0.25) is 25.9 Å². The zero-order valence-corrected chi connectivity index (χ0v) is 56.4. The summed E-state index contributed by atoms with van der Waals surface area (Å²) in [6, 6.07) is 51.9. The number of aryl methyl sites for hydroxylation is 1. The second-order valence-electron chi connectivity index (χ2n) is 22.6. The molecule has 6 aromatic carbocycles. The number of hydrogen-bond acceptors (Lipinski definition) is 25. The molecule has 1 saturated heterocycles. The van der Waals surface area contributed by atoms with Gasteiger partial charge in [0.2, 0.25) is 29.7 Å². The summed E-state index contributed by atoms with van der Waals surface area (Å²) in [6.07, 6.45) is 6.12. The first-order valence-electron chi connectivity index (χ1n) is 31.6. The molecule has 0 amide bonds. The molecule has 11 aromatic heterocycles. The second kappa shape index (κ2) is 28.1. The lowest BCUT2D eigenvalue weighted by atomic mass is 10.1. The van der Waals surface area contributed by atoms with Gasteiger partial charge in [0.05, 0.1) is 103 Å². The van der Waals surface area contributed by atoms with E-state index in [4.69, 9.17) is 40.4 Å². The number of nitrogens with zero attached hydrogens (tertiary/aromatic N) is 13. The van der Waals surface area contributed by atoms with E-state index < -0.39 is 0 Å². The fraction of sp³-hybridized carbons (Fsp3) is 0.0986. The highest BCUT2D eigenvalue weighted by Crippen LogP contribution is 2.37. The Kier molecular flexibility index (Phi) is 17.6. The molecule has 1 fully saturated rings. The molecule has 0 atom stereocenters. The number of methoxy groups -OCH3 is 1. The maximum Gasteiger partial charge on any atom is 0.302 e. The number of thiophene rings is 3. The summed E-state index contributed by atoms with van der Waals surface area (Å²) in [6.45, 7) is 5.15. The molecule has 100 heavy (non-hydrogen) atoms. The third-order valence-electron chi connectivity index (χ3n) is 16.1. The van der Waals surface area contributed by atoms with Crippen LogP contribution in [-0.2, 0) is 11.2 Å². The lowest BCUT2D eigenvalue weighted by Gasteiger charge is -2.29. The van der Waals surface area contributed by atoms with Crippen molar-refractivity contribution in [1.82, 2.24) is 75.4 Å². The van der Waals surface area contributed by atoms with Gasteiger partial charge in [0.1, 0.15) is 11.5 Å². The molecular weight excluding hydrogens is 1340 g/mol. The fourth-order valence-corrected chi connectivity index (χ4v) is 13.9. The average Bonchev–Trinajstić information content (AvgIpc) is 1.68. The van der Waals surface area contributed by atoms with Gasteiger partial charge in [-0.1, -0.05) is 79.2 Å². The summed E-state index contributed by atoms with van der Waals surface area (Å²) in [7, 11) is 1.58. The number of H-pyrrole nitrogens is 3. The van der Waals surface area contributed by atoms with E-state index in [9.17, 15) is 0 Å². The maximum atomic E-state index is 6.60. The molecule has 0 aliphatic carbocycles. The Hall–Kier alpha value is -12.2. The van der Waals surface area contributed by atoms with Crippen molar-refractivity contribution < 1.29 is 13.9 Å². The van der Waals surface area contributed by atoms with Gasteiger partial charge in [-0.2, -0.15) is 40.2 Å². The van der Waals surface area contributed by atoms with E-state index in [1.165, 1.54) is 0 Å². The standard InChI is InChI=1S/C24H18N8OS.C24H19N7OS.C23H20ClN7OS/c1-33-20-12-19(14-5-3-2-4-6-14)28-23(29-20)31-24-27-18-9-10-34-21(18)22(30-24)26-16-7-8-17-15(11-16)13-25-32-17;1-2-19-20(14-6-4-3-5-7-14)28-24(32-19)30-23-27-18-10-11-33-21(18)22(29-23)26-16-8-9-17-15(12-16)13-25-31-17;24-17-12-16(2-4-20(17)31-6-8-32-9-7-31)27-23-28-19-5-10-33-21(19)22(29-23)26-15-1-3-18-14(11-15)13-25-30-18/h2-13H,1H3,(H,25,32)(H2,26,27,28,29,30,31);3-13H,2H2,1H3,(H,25,31)(H2,26,27,28,29,30);1-5,10-13H,6-9H2,(H,25,30)(H2,26,27,28,29). The van der Waals surface area contributed by atoms with Crippen molar-refractivity contribution >= 4 is 185 Å². The topological polar surface area (TPSA) is 309 Å². The molecule has 0 saturated carbocycles. The molecule has 29 heteroatoms. The quantitative estimate of drug-likeness (QED) is 0.0409. The molecule has 0 spiro atoms. The Morgan fingerprint density at radius 3 is 1.45 bits per heavy atom. The first-order valence-corrected chi connectivity index (χ1v) is 34.6. The normalized spacial score (nSPS) is 12.2. The average molecular weight is 1400 g/mol. The van der Waals surface area contributed by atoms with E-state index >= 15 is 0 Å². The Morgan fingerprint density at radius 2 is 0.950 bits per heavy atom. The maximum absolute atomic E-state index is 6.60. The van der Waals surface area contributed by atoms with Crippen molar-refractivity contribution in [3.8, 4) is 28.4 Å². The van der Waals surface area contributed by atoms with E-state index in [1.54, 1.807) is 65.8 Å². The number of ether oxygens (including phenoxy) is 2. The molecule has 0 radical (unpaired) electrons. The zero-order valence-electron chi connectivity index (χ0n) is 53.2. The van der Waals surface area contributed by atoms with Crippen molar-refractivity contribution in [3.05, 3.63) is 203 Å². The van der Waals surface area contributed by atoms with Gasteiger partial charge >= 0.3 is 6.01 Å². The summed E-state index contributed by atoms with van der Waals surface area (Å²) in [5.41, 5.74) is 13.6. The van der Waals surface area contributed by atoms with Crippen LogP contribution in [0.2, 0.25) is 5.02 Å².